The van der Waals surface area contributed by atoms with E-state index >= 15 is 0 Å². The summed E-state index contributed by atoms with van der Waals surface area (Å²) in [6.07, 6.45) is 0. The molecule has 1 aliphatic heterocycles. The molecule has 2 heterocycles. The van der Waals surface area contributed by atoms with E-state index in [1.165, 1.54) is 0 Å². The average Bonchev–Trinajstić information content (AvgIpc) is 2.60. The topological polar surface area (TPSA) is 63.4 Å². The van der Waals surface area contributed by atoms with Crippen LogP contribution in [-0.4, -0.2) is 18.2 Å². The summed E-state index contributed by atoms with van der Waals surface area (Å²) in [6, 6.07) is 15.3. The summed E-state index contributed by atoms with van der Waals surface area (Å²) in [5.74, 6) is 2.24. The van der Waals surface area contributed by atoms with E-state index in [9.17, 15) is 4.79 Å². The molecule has 0 saturated carbocycles. The van der Waals surface area contributed by atoms with E-state index in [0.29, 0.717) is 31.0 Å². The van der Waals surface area contributed by atoms with Gasteiger partial charge in [0.15, 0.2) is 11.5 Å². The number of rotatable bonds is 3. The largest absolute Gasteiger partial charge is 0.486 e. The van der Waals surface area contributed by atoms with E-state index in [1.54, 1.807) is 0 Å². The molecule has 0 bridgehead atoms. The number of aromatic nitrogens is 1. The monoisotopic (exact) mass is 308 g/mol. The second-order valence-electron chi connectivity index (χ2n) is 5.43. The van der Waals surface area contributed by atoms with Crippen LogP contribution in [0.5, 0.6) is 11.5 Å². The molecule has 1 aliphatic rings. The van der Waals surface area contributed by atoms with Gasteiger partial charge in [0, 0.05) is 11.9 Å². The zero-order valence-corrected chi connectivity index (χ0v) is 12.5. The maximum absolute atomic E-state index is 12.1. The van der Waals surface area contributed by atoms with Crippen molar-refractivity contribution in [2.75, 3.05) is 18.5 Å². The minimum Gasteiger partial charge on any atom is -0.486 e. The molecule has 0 saturated heterocycles. The molecule has 4 rings (SSSR count). The SMILES string of the molecule is O=c1[nH]c(NCc2ccc3c(c2)OCCO3)cc2ccccc12. The van der Waals surface area contributed by atoms with Crippen LogP contribution in [0.1, 0.15) is 5.56 Å². The number of benzene rings is 2. The summed E-state index contributed by atoms with van der Waals surface area (Å²) in [7, 11) is 0. The molecule has 0 spiro atoms. The number of hydrogen-bond acceptors (Lipinski definition) is 4. The number of ether oxygens (including phenoxy) is 2. The van der Waals surface area contributed by atoms with Crippen molar-refractivity contribution < 1.29 is 9.47 Å². The number of anilines is 1. The van der Waals surface area contributed by atoms with Crippen LogP contribution >= 0.6 is 0 Å². The van der Waals surface area contributed by atoms with Gasteiger partial charge in [0.25, 0.3) is 5.56 Å². The van der Waals surface area contributed by atoms with Gasteiger partial charge in [-0.3, -0.25) is 4.79 Å². The number of nitrogens with one attached hydrogen (secondary N) is 2. The quantitative estimate of drug-likeness (QED) is 0.781. The van der Waals surface area contributed by atoms with Crippen LogP contribution in [-0.2, 0) is 6.54 Å². The number of fused-ring (bicyclic) bond motifs is 2. The zero-order valence-electron chi connectivity index (χ0n) is 12.5. The van der Waals surface area contributed by atoms with Gasteiger partial charge >= 0.3 is 0 Å². The van der Waals surface area contributed by atoms with Crippen molar-refractivity contribution in [3.05, 3.63) is 64.4 Å². The molecule has 116 valence electrons. The smallest absolute Gasteiger partial charge is 0.257 e. The highest BCUT2D eigenvalue weighted by atomic mass is 16.6. The second kappa shape index (κ2) is 5.68. The third kappa shape index (κ3) is 2.73. The minimum absolute atomic E-state index is 0.0900. The van der Waals surface area contributed by atoms with Gasteiger partial charge in [-0.25, -0.2) is 0 Å². The lowest BCUT2D eigenvalue weighted by atomic mass is 10.1. The molecule has 5 heteroatoms. The predicted molar refractivity (Wildman–Crippen MR) is 89.3 cm³/mol. The van der Waals surface area contributed by atoms with E-state index < -0.39 is 0 Å². The van der Waals surface area contributed by atoms with Gasteiger partial charge < -0.3 is 19.8 Å². The third-order valence-electron chi connectivity index (χ3n) is 3.84. The first kappa shape index (κ1) is 13.7. The van der Waals surface area contributed by atoms with Gasteiger partial charge in [-0.05, 0) is 35.2 Å². The summed E-state index contributed by atoms with van der Waals surface area (Å²) >= 11 is 0. The Morgan fingerprint density at radius 1 is 1.00 bits per heavy atom. The summed E-state index contributed by atoms with van der Waals surface area (Å²) in [6.45, 7) is 1.75. The Balaban J connectivity index is 1.56. The van der Waals surface area contributed by atoms with E-state index in [-0.39, 0.29) is 5.56 Å². The van der Waals surface area contributed by atoms with Crippen LogP contribution in [0.2, 0.25) is 0 Å². The highest BCUT2D eigenvalue weighted by Gasteiger charge is 2.11. The lowest BCUT2D eigenvalue weighted by Gasteiger charge is -2.19. The summed E-state index contributed by atoms with van der Waals surface area (Å²) in [5, 5.41) is 4.86. The molecule has 23 heavy (non-hydrogen) atoms. The predicted octanol–water partition coefficient (Wildman–Crippen LogP) is 2.91. The van der Waals surface area contributed by atoms with Gasteiger partial charge in [0.2, 0.25) is 0 Å². The van der Waals surface area contributed by atoms with Crippen LogP contribution in [0.15, 0.2) is 53.3 Å². The molecule has 3 aromatic rings. The number of hydrogen-bond donors (Lipinski definition) is 2. The van der Waals surface area contributed by atoms with Crippen LogP contribution < -0.4 is 20.3 Å². The van der Waals surface area contributed by atoms with Crippen molar-refractivity contribution in [3.63, 3.8) is 0 Å². The van der Waals surface area contributed by atoms with Gasteiger partial charge in [-0.1, -0.05) is 24.3 Å². The maximum Gasteiger partial charge on any atom is 0.257 e. The maximum atomic E-state index is 12.1. The number of aromatic amines is 1. The Hall–Kier alpha value is -2.95. The third-order valence-corrected chi connectivity index (χ3v) is 3.84. The van der Waals surface area contributed by atoms with E-state index in [4.69, 9.17) is 9.47 Å². The number of H-pyrrole nitrogens is 1. The van der Waals surface area contributed by atoms with Gasteiger partial charge in [0.05, 0.1) is 0 Å². The highest BCUT2D eigenvalue weighted by Crippen LogP contribution is 2.30. The lowest BCUT2D eigenvalue weighted by Crippen LogP contribution is -2.15. The van der Waals surface area contributed by atoms with Crippen molar-refractivity contribution in [3.8, 4) is 11.5 Å². The first-order valence-electron chi connectivity index (χ1n) is 7.54. The molecule has 2 N–H and O–H groups in total. The molecule has 0 amide bonds. The molecule has 0 fully saturated rings. The molecule has 1 aromatic heterocycles. The van der Waals surface area contributed by atoms with Gasteiger partial charge in [-0.2, -0.15) is 0 Å². The Bertz CT molecular complexity index is 918. The molecule has 0 radical (unpaired) electrons. The zero-order chi connectivity index (χ0) is 15.6. The molecule has 0 unspecified atom stereocenters. The van der Waals surface area contributed by atoms with Gasteiger partial charge in [-0.15, -0.1) is 0 Å². The molecule has 0 atom stereocenters. The molecule has 5 nitrogen and oxygen atoms in total. The second-order valence-corrected chi connectivity index (χ2v) is 5.43. The first-order valence-corrected chi connectivity index (χ1v) is 7.54. The fourth-order valence-corrected chi connectivity index (χ4v) is 2.70. The summed E-state index contributed by atoms with van der Waals surface area (Å²) in [4.78, 5) is 14.9. The Morgan fingerprint density at radius 2 is 1.83 bits per heavy atom. The molecule has 0 aliphatic carbocycles. The fraction of sp³-hybridized carbons (Fsp3) is 0.167. The Kier molecular flexibility index (Phi) is 3.38. The van der Waals surface area contributed by atoms with Crippen molar-refractivity contribution in [1.29, 1.82) is 0 Å². The summed E-state index contributed by atoms with van der Waals surface area (Å²) < 4.78 is 11.1. The fourth-order valence-electron chi connectivity index (χ4n) is 2.70. The van der Waals surface area contributed by atoms with Crippen molar-refractivity contribution in [2.45, 2.75) is 6.54 Å². The highest BCUT2D eigenvalue weighted by molar-refractivity contribution is 5.83. The van der Waals surface area contributed by atoms with Crippen LogP contribution in [0, 0.1) is 0 Å². The van der Waals surface area contributed by atoms with Crippen LogP contribution in [0.3, 0.4) is 0 Å². The Labute approximate surface area is 132 Å². The van der Waals surface area contributed by atoms with E-state index in [2.05, 4.69) is 10.3 Å². The van der Waals surface area contributed by atoms with Crippen molar-refractivity contribution >= 4 is 16.6 Å². The molecular formula is C18H16N2O3. The molecular weight excluding hydrogens is 292 g/mol. The van der Waals surface area contributed by atoms with Crippen LogP contribution in [0.4, 0.5) is 5.82 Å². The molecule has 2 aromatic carbocycles. The average molecular weight is 308 g/mol. The standard InChI is InChI=1S/C18H16N2O3/c21-18-14-4-2-1-3-13(14)10-17(20-18)19-11-12-5-6-15-16(9-12)23-8-7-22-15/h1-6,9-10H,7-8,11H2,(H2,19,20,21). The Morgan fingerprint density at radius 3 is 2.74 bits per heavy atom. The van der Waals surface area contributed by atoms with Crippen LogP contribution in [0.25, 0.3) is 10.8 Å². The van der Waals surface area contributed by atoms with Crippen molar-refractivity contribution in [1.82, 2.24) is 4.98 Å². The normalized spacial score (nSPS) is 13.0. The first-order chi connectivity index (χ1) is 11.3. The number of pyridine rings is 1. The van der Waals surface area contributed by atoms with E-state index in [1.807, 2.05) is 48.5 Å². The van der Waals surface area contributed by atoms with E-state index in [0.717, 1.165) is 22.4 Å². The summed E-state index contributed by atoms with van der Waals surface area (Å²) in [5.41, 5.74) is 0.969. The minimum atomic E-state index is -0.0900. The van der Waals surface area contributed by atoms with Crippen molar-refractivity contribution in [2.24, 2.45) is 0 Å². The van der Waals surface area contributed by atoms with Gasteiger partial charge in [0.1, 0.15) is 19.0 Å². The lowest BCUT2D eigenvalue weighted by molar-refractivity contribution is 0.171.